The maximum absolute atomic E-state index is 10.9. The summed E-state index contributed by atoms with van der Waals surface area (Å²) < 4.78 is 0. The van der Waals surface area contributed by atoms with Gasteiger partial charge < -0.3 is 10.4 Å². The molecule has 1 aliphatic rings. The first-order valence-corrected chi connectivity index (χ1v) is 5.44. The molecule has 0 bridgehead atoms. The Hall–Kier alpha value is -1.61. The van der Waals surface area contributed by atoms with Crippen molar-refractivity contribution in [3.05, 3.63) is 42.0 Å². The maximum Gasteiger partial charge on any atom is 0.308 e. The molecule has 1 saturated heterocycles. The zero-order chi connectivity index (χ0) is 11.4. The Morgan fingerprint density at radius 3 is 2.75 bits per heavy atom. The van der Waals surface area contributed by atoms with E-state index >= 15 is 0 Å². The van der Waals surface area contributed by atoms with E-state index in [0.717, 1.165) is 12.1 Å². The molecule has 0 unspecified atom stereocenters. The monoisotopic (exact) mass is 217 g/mol. The topological polar surface area (TPSA) is 49.3 Å². The van der Waals surface area contributed by atoms with E-state index in [1.165, 1.54) is 0 Å². The molecule has 0 radical (unpaired) electrons. The summed E-state index contributed by atoms with van der Waals surface area (Å²) in [5.74, 6) is -0.912. The summed E-state index contributed by atoms with van der Waals surface area (Å²) in [5, 5.41) is 12.1. The molecule has 1 heterocycles. The number of nitrogens with one attached hydrogen (secondary N) is 1. The lowest BCUT2D eigenvalue weighted by atomic mass is 9.95. The minimum Gasteiger partial charge on any atom is -0.481 e. The van der Waals surface area contributed by atoms with E-state index in [0.29, 0.717) is 6.54 Å². The van der Waals surface area contributed by atoms with Gasteiger partial charge in [-0.1, -0.05) is 42.5 Å². The lowest BCUT2D eigenvalue weighted by Crippen LogP contribution is -2.20. The SMILES string of the molecule is O=C(O)[C@@H]1CNC[C@H]1C=Cc1ccccc1. The van der Waals surface area contributed by atoms with Crippen molar-refractivity contribution in [3.63, 3.8) is 0 Å². The highest BCUT2D eigenvalue weighted by atomic mass is 16.4. The number of benzene rings is 1. The molecule has 0 spiro atoms. The molecule has 1 fully saturated rings. The first-order valence-electron chi connectivity index (χ1n) is 5.44. The number of carboxylic acid groups (broad SMARTS) is 1. The van der Waals surface area contributed by atoms with Gasteiger partial charge >= 0.3 is 5.97 Å². The third-order valence-corrected chi connectivity index (χ3v) is 2.91. The summed E-state index contributed by atoms with van der Waals surface area (Å²) in [5.41, 5.74) is 1.11. The van der Waals surface area contributed by atoms with E-state index in [4.69, 9.17) is 5.11 Å². The lowest BCUT2D eigenvalue weighted by Gasteiger charge is -2.09. The molecule has 3 heteroatoms. The standard InChI is InChI=1S/C13H15NO2/c15-13(16)12-9-14-8-11(12)7-6-10-4-2-1-3-5-10/h1-7,11-12,14H,8-9H2,(H,15,16)/t11-,12-/m1/s1. The van der Waals surface area contributed by atoms with Gasteiger partial charge in [-0.2, -0.15) is 0 Å². The number of aliphatic carboxylic acids is 1. The van der Waals surface area contributed by atoms with Crippen LogP contribution in [0.1, 0.15) is 5.56 Å². The van der Waals surface area contributed by atoms with Crippen molar-refractivity contribution in [1.82, 2.24) is 5.32 Å². The average molecular weight is 217 g/mol. The van der Waals surface area contributed by atoms with Gasteiger partial charge in [-0.05, 0) is 5.56 Å². The van der Waals surface area contributed by atoms with Crippen LogP contribution in [0.3, 0.4) is 0 Å². The molecule has 0 aromatic heterocycles. The fourth-order valence-corrected chi connectivity index (χ4v) is 1.97. The van der Waals surface area contributed by atoms with Crippen LogP contribution in [0.15, 0.2) is 36.4 Å². The fourth-order valence-electron chi connectivity index (χ4n) is 1.97. The molecule has 0 amide bonds. The van der Waals surface area contributed by atoms with Crippen LogP contribution in [0.4, 0.5) is 0 Å². The van der Waals surface area contributed by atoms with Gasteiger partial charge in [0, 0.05) is 19.0 Å². The molecule has 16 heavy (non-hydrogen) atoms. The van der Waals surface area contributed by atoms with Crippen molar-refractivity contribution < 1.29 is 9.90 Å². The average Bonchev–Trinajstić information content (AvgIpc) is 2.76. The fraction of sp³-hybridized carbons (Fsp3) is 0.308. The van der Waals surface area contributed by atoms with Crippen molar-refractivity contribution in [1.29, 1.82) is 0 Å². The lowest BCUT2D eigenvalue weighted by molar-refractivity contribution is -0.141. The van der Waals surface area contributed by atoms with E-state index in [9.17, 15) is 4.79 Å². The van der Waals surface area contributed by atoms with Crippen LogP contribution in [0.25, 0.3) is 6.08 Å². The Morgan fingerprint density at radius 1 is 1.31 bits per heavy atom. The van der Waals surface area contributed by atoms with Gasteiger partial charge in [0.05, 0.1) is 5.92 Å². The highest BCUT2D eigenvalue weighted by Crippen LogP contribution is 2.19. The minimum absolute atomic E-state index is 0.0951. The van der Waals surface area contributed by atoms with Crippen molar-refractivity contribution in [3.8, 4) is 0 Å². The normalized spacial score (nSPS) is 25.0. The zero-order valence-corrected chi connectivity index (χ0v) is 8.97. The highest BCUT2D eigenvalue weighted by molar-refractivity contribution is 5.72. The summed E-state index contributed by atoms with van der Waals surface area (Å²) in [6.07, 6.45) is 3.99. The quantitative estimate of drug-likeness (QED) is 0.809. The second kappa shape index (κ2) is 4.94. The number of rotatable bonds is 3. The Balaban J connectivity index is 2.04. The van der Waals surface area contributed by atoms with Crippen molar-refractivity contribution in [2.45, 2.75) is 0 Å². The smallest absolute Gasteiger partial charge is 0.308 e. The van der Waals surface area contributed by atoms with Crippen LogP contribution in [0.2, 0.25) is 0 Å². The number of hydrogen-bond donors (Lipinski definition) is 2. The highest BCUT2D eigenvalue weighted by Gasteiger charge is 2.30. The van der Waals surface area contributed by atoms with Gasteiger partial charge in [0.15, 0.2) is 0 Å². The molecule has 2 rings (SSSR count). The van der Waals surface area contributed by atoms with E-state index in [1.807, 2.05) is 42.5 Å². The van der Waals surface area contributed by atoms with Crippen LogP contribution in [0.5, 0.6) is 0 Å². The molecule has 84 valence electrons. The molecular weight excluding hydrogens is 202 g/mol. The van der Waals surface area contributed by atoms with Gasteiger partial charge in [0.25, 0.3) is 0 Å². The molecule has 0 saturated carbocycles. The molecule has 1 aliphatic heterocycles. The molecular formula is C13H15NO2. The predicted octanol–water partition coefficient (Wildman–Crippen LogP) is 1.62. The van der Waals surface area contributed by atoms with E-state index in [-0.39, 0.29) is 11.8 Å². The largest absolute Gasteiger partial charge is 0.481 e. The molecule has 0 aliphatic carbocycles. The maximum atomic E-state index is 10.9. The van der Waals surface area contributed by atoms with Gasteiger partial charge in [0.2, 0.25) is 0 Å². The number of carbonyl (C=O) groups is 1. The minimum atomic E-state index is -0.715. The second-order valence-corrected chi connectivity index (χ2v) is 4.04. The van der Waals surface area contributed by atoms with Crippen molar-refractivity contribution in [2.24, 2.45) is 11.8 Å². The van der Waals surface area contributed by atoms with Gasteiger partial charge in [-0.15, -0.1) is 0 Å². The van der Waals surface area contributed by atoms with Crippen LogP contribution < -0.4 is 5.32 Å². The van der Waals surface area contributed by atoms with Crippen LogP contribution in [-0.2, 0) is 4.79 Å². The number of hydrogen-bond acceptors (Lipinski definition) is 2. The summed E-state index contributed by atoms with van der Waals surface area (Å²) in [6, 6.07) is 9.93. The zero-order valence-electron chi connectivity index (χ0n) is 8.97. The van der Waals surface area contributed by atoms with Crippen LogP contribution >= 0.6 is 0 Å². The van der Waals surface area contributed by atoms with Crippen LogP contribution in [-0.4, -0.2) is 24.2 Å². The van der Waals surface area contributed by atoms with Gasteiger partial charge in [-0.3, -0.25) is 4.79 Å². The molecule has 1 aromatic rings. The van der Waals surface area contributed by atoms with E-state index in [2.05, 4.69) is 5.32 Å². The summed E-state index contributed by atoms with van der Waals surface area (Å²) in [4.78, 5) is 10.9. The first-order chi connectivity index (χ1) is 7.77. The van der Waals surface area contributed by atoms with Crippen molar-refractivity contribution in [2.75, 3.05) is 13.1 Å². The third-order valence-electron chi connectivity index (χ3n) is 2.91. The van der Waals surface area contributed by atoms with Gasteiger partial charge in [0.1, 0.15) is 0 Å². The Labute approximate surface area is 94.8 Å². The van der Waals surface area contributed by atoms with Gasteiger partial charge in [-0.25, -0.2) is 0 Å². The predicted molar refractivity (Wildman–Crippen MR) is 63.0 cm³/mol. The molecule has 2 N–H and O–H groups in total. The number of carboxylic acids is 1. The van der Waals surface area contributed by atoms with E-state index in [1.54, 1.807) is 0 Å². The van der Waals surface area contributed by atoms with Crippen molar-refractivity contribution >= 4 is 12.0 Å². The summed E-state index contributed by atoms with van der Waals surface area (Å²) >= 11 is 0. The van der Waals surface area contributed by atoms with Crippen LogP contribution in [0, 0.1) is 11.8 Å². The Kier molecular flexibility index (Phi) is 3.37. The van der Waals surface area contributed by atoms with E-state index < -0.39 is 5.97 Å². The molecule has 3 nitrogen and oxygen atoms in total. The second-order valence-electron chi connectivity index (χ2n) is 4.04. The molecule has 2 atom stereocenters. The summed E-state index contributed by atoms with van der Waals surface area (Å²) in [7, 11) is 0. The first kappa shape index (κ1) is 10.9. The Morgan fingerprint density at radius 2 is 2.06 bits per heavy atom. The summed E-state index contributed by atoms with van der Waals surface area (Å²) in [6.45, 7) is 1.32. The Bertz CT molecular complexity index is 386. The molecule has 1 aromatic carbocycles. The third kappa shape index (κ3) is 2.49.